The molecule has 134 valence electrons. The van der Waals surface area contributed by atoms with Gasteiger partial charge in [0.25, 0.3) is 0 Å². The van der Waals surface area contributed by atoms with E-state index < -0.39 is 21.7 Å². The second-order valence-corrected chi connectivity index (χ2v) is 8.03. The van der Waals surface area contributed by atoms with Crippen LogP contribution in [-0.4, -0.2) is 32.2 Å². The van der Waals surface area contributed by atoms with Gasteiger partial charge in [-0.2, -0.15) is 4.31 Å². The Morgan fingerprint density at radius 1 is 1.08 bits per heavy atom. The normalized spacial score (nSPS) is 11.6. The molecular formula is C18H21FN2O3S. The van der Waals surface area contributed by atoms with Crippen molar-refractivity contribution in [2.75, 3.05) is 18.9 Å². The Hall–Kier alpha value is -2.25. The summed E-state index contributed by atoms with van der Waals surface area (Å²) in [5.74, 6) is -0.914. The Morgan fingerprint density at radius 2 is 1.60 bits per heavy atom. The maximum Gasteiger partial charge on any atom is 0.243 e. The van der Waals surface area contributed by atoms with Crippen LogP contribution in [0.3, 0.4) is 0 Å². The quantitative estimate of drug-likeness (QED) is 0.887. The third kappa shape index (κ3) is 4.43. The van der Waals surface area contributed by atoms with Crippen molar-refractivity contribution in [3.05, 3.63) is 58.9 Å². The summed E-state index contributed by atoms with van der Waals surface area (Å²) in [5, 5.41) is 2.55. The smallest absolute Gasteiger partial charge is 0.243 e. The molecule has 0 fully saturated rings. The summed E-state index contributed by atoms with van der Waals surface area (Å²) in [7, 11) is -2.44. The number of carbonyl (C=O) groups is 1. The number of rotatable bonds is 5. The van der Waals surface area contributed by atoms with Crippen molar-refractivity contribution >= 4 is 21.6 Å². The van der Waals surface area contributed by atoms with Gasteiger partial charge in [-0.3, -0.25) is 4.79 Å². The van der Waals surface area contributed by atoms with Gasteiger partial charge in [0, 0.05) is 12.7 Å². The molecule has 1 amide bonds. The topological polar surface area (TPSA) is 66.5 Å². The van der Waals surface area contributed by atoms with E-state index in [4.69, 9.17) is 0 Å². The highest BCUT2D eigenvalue weighted by Crippen LogP contribution is 2.24. The largest absolute Gasteiger partial charge is 0.325 e. The van der Waals surface area contributed by atoms with Crippen molar-refractivity contribution in [3.63, 3.8) is 0 Å². The molecule has 2 rings (SSSR count). The van der Waals surface area contributed by atoms with E-state index in [1.165, 1.54) is 31.3 Å². The van der Waals surface area contributed by atoms with Gasteiger partial charge in [0.2, 0.25) is 15.9 Å². The number of nitrogens with zero attached hydrogens (tertiary/aromatic N) is 1. The second kappa shape index (κ2) is 7.33. The third-order valence-corrected chi connectivity index (χ3v) is 5.88. The summed E-state index contributed by atoms with van der Waals surface area (Å²) in [6.45, 7) is 5.03. The first-order valence-electron chi connectivity index (χ1n) is 7.71. The van der Waals surface area contributed by atoms with E-state index in [-0.39, 0.29) is 11.4 Å². The number of nitrogens with one attached hydrogen (secondary N) is 1. The Bertz CT molecular complexity index is 870. The maximum atomic E-state index is 12.9. The van der Waals surface area contributed by atoms with Gasteiger partial charge in [0.15, 0.2) is 0 Å². The number of halogens is 1. The lowest BCUT2D eigenvalue weighted by Gasteiger charge is -2.20. The Balaban J connectivity index is 2.17. The van der Waals surface area contributed by atoms with Crippen LogP contribution in [0.25, 0.3) is 0 Å². The molecule has 0 saturated heterocycles. The summed E-state index contributed by atoms with van der Waals surface area (Å²) in [5.41, 5.74) is 2.66. The van der Waals surface area contributed by atoms with E-state index >= 15 is 0 Å². The number of aryl methyl sites for hydroxylation is 3. The fraction of sp³-hybridized carbons (Fsp3) is 0.278. The molecular weight excluding hydrogens is 343 g/mol. The summed E-state index contributed by atoms with van der Waals surface area (Å²) in [6.07, 6.45) is 0. The molecule has 0 aliphatic rings. The van der Waals surface area contributed by atoms with Crippen LogP contribution < -0.4 is 5.32 Å². The Kier molecular flexibility index (Phi) is 5.59. The average molecular weight is 364 g/mol. The number of amides is 1. The number of hydrogen-bond donors (Lipinski definition) is 1. The number of anilines is 1. The van der Waals surface area contributed by atoms with Crippen LogP contribution in [0, 0.1) is 26.6 Å². The summed E-state index contributed by atoms with van der Waals surface area (Å²) in [6, 6.07) is 8.86. The zero-order chi connectivity index (χ0) is 18.8. The van der Waals surface area contributed by atoms with Crippen LogP contribution in [0.15, 0.2) is 41.3 Å². The van der Waals surface area contributed by atoms with Gasteiger partial charge >= 0.3 is 0 Å². The van der Waals surface area contributed by atoms with E-state index in [0.29, 0.717) is 16.8 Å². The maximum absolute atomic E-state index is 12.9. The molecule has 0 bridgehead atoms. The molecule has 7 heteroatoms. The molecule has 5 nitrogen and oxygen atoms in total. The molecule has 0 heterocycles. The number of likely N-dealkylation sites (N-methyl/N-ethyl adjacent to an activating group) is 1. The number of sulfonamides is 1. The van der Waals surface area contributed by atoms with Crippen molar-refractivity contribution in [1.29, 1.82) is 0 Å². The predicted molar refractivity (Wildman–Crippen MR) is 95.5 cm³/mol. The predicted octanol–water partition coefficient (Wildman–Crippen LogP) is 3.01. The second-order valence-electron chi connectivity index (χ2n) is 6.04. The Morgan fingerprint density at radius 3 is 2.12 bits per heavy atom. The Labute approximate surface area is 147 Å². The highest BCUT2D eigenvalue weighted by atomic mass is 32.2. The van der Waals surface area contributed by atoms with E-state index in [1.54, 1.807) is 26.0 Å². The van der Waals surface area contributed by atoms with Crippen LogP contribution in [-0.2, 0) is 14.8 Å². The van der Waals surface area contributed by atoms with Crippen LogP contribution >= 0.6 is 0 Å². The molecule has 0 spiro atoms. The fourth-order valence-corrected chi connectivity index (χ4v) is 4.28. The molecule has 25 heavy (non-hydrogen) atoms. The molecule has 1 N–H and O–H groups in total. The average Bonchev–Trinajstić information content (AvgIpc) is 2.48. The zero-order valence-corrected chi connectivity index (χ0v) is 15.4. The lowest BCUT2D eigenvalue weighted by molar-refractivity contribution is -0.116. The van der Waals surface area contributed by atoms with E-state index in [1.807, 2.05) is 6.92 Å². The first-order chi connectivity index (χ1) is 11.6. The molecule has 0 atom stereocenters. The number of hydrogen-bond acceptors (Lipinski definition) is 3. The van der Waals surface area contributed by atoms with E-state index in [9.17, 15) is 17.6 Å². The molecule has 0 aliphatic heterocycles. The van der Waals surface area contributed by atoms with Crippen LogP contribution in [0.2, 0.25) is 0 Å². The van der Waals surface area contributed by atoms with Gasteiger partial charge in [-0.25, -0.2) is 12.8 Å². The summed E-state index contributed by atoms with van der Waals surface area (Å²) < 4.78 is 39.5. The standard InChI is InChI=1S/C18H21FN2O3S/c1-12-9-13(2)18(14(3)10-12)25(23,24)21(4)11-17(22)20-16-7-5-15(19)6-8-16/h5-10H,11H2,1-4H3,(H,20,22). The lowest BCUT2D eigenvalue weighted by atomic mass is 10.1. The zero-order valence-electron chi connectivity index (χ0n) is 14.6. The highest BCUT2D eigenvalue weighted by Gasteiger charge is 2.26. The SMILES string of the molecule is Cc1cc(C)c(S(=O)(=O)N(C)CC(=O)Nc2ccc(F)cc2)c(C)c1. The lowest BCUT2D eigenvalue weighted by Crippen LogP contribution is -2.35. The van der Waals surface area contributed by atoms with Crippen molar-refractivity contribution in [1.82, 2.24) is 4.31 Å². The number of carbonyl (C=O) groups excluding carboxylic acids is 1. The summed E-state index contributed by atoms with van der Waals surface area (Å²) >= 11 is 0. The molecule has 0 saturated carbocycles. The number of benzene rings is 2. The fourth-order valence-electron chi connectivity index (χ4n) is 2.75. The van der Waals surface area contributed by atoms with Crippen molar-refractivity contribution in [3.8, 4) is 0 Å². The first-order valence-corrected chi connectivity index (χ1v) is 9.15. The monoisotopic (exact) mass is 364 g/mol. The van der Waals surface area contributed by atoms with Crippen molar-refractivity contribution in [2.24, 2.45) is 0 Å². The summed E-state index contributed by atoms with van der Waals surface area (Å²) in [4.78, 5) is 12.3. The van der Waals surface area contributed by atoms with Crippen molar-refractivity contribution < 1.29 is 17.6 Å². The minimum Gasteiger partial charge on any atom is -0.325 e. The molecule has 0 aromatic heterocycles. The highest BCUT2D eigenvalue weighted by molar-refractivity contribution is 7.89. The molecule has 0 radical (unpaired) electrons. The van der Waals surface area contributed by atoms with Gasteiger partial charge in [-0.15, -0.1) is 0 Å². The molecule has 2 aromatic rings. The minimum atomic E-state index is -3.80. The van der Waals surface area contributed by atoms with Gasteiger partial charge < -0.3 is 5.32 Å². The van der Waals surface area contributed by atoms with Crippen LogP contribution in [0.4, 0.5) is 10.1 Å². The van der Waals surface area contributed by atoms with Gasteiger partial charge in [-0.1, -0.05) is 17.7 Å². The van der Waals surface area contributed by atoms with Crippen molar-refractivity contribution in [2.45, 2.75) is 25.7 Å². The van der Waals surface area contributed by atoms with E-state index in [2.05, 4.69) is 5.32 Å². The third-order valence-electron chi connectivity index (χ3n) is 3.77. The minimum absolute atomic E-state index is 0.218. The van der Waals surface area contributed by atoms with Crippen LogP contribution in [0.5, 0.6) is 0 Å². The molecule has 2 aromatic carbocycles. The first kappa shape index (κ1) is 19.1. The molecule has 0 unspecified atom stereocenters. The van der Waals surface area contributed by atoms with Gasteiger partial charge in [-0.05, 0) is 56.2 Å². The van der Waals surface area contributed by atoms with Crippen LogP contribution in [0.1, 0.15) is 16.7 Å². The van der Waals surface area contributed by atoms with E-state index in [0.717, 1.165) is 9.87 Å². The molecule has 0 aliphatic carbocycles. The van der Waals surface area contributed by atoms with Gasteiger partial charge in [0.1, 0.15) is 5.82 Å². The van der Waals surface area contributed by atoms with Gasteiger partial charge in [0.05, 0.1) is 11.4 Å².